The zero-order valence-corrected chi connectivity index (χ0v) is 21.3. The molecule has 0 radical (unpaired) electrons. The van der Waals surface area contributed by atoms with Crippen LogP contribution < -0.4 is 10.6 Å². The Kier molecular flexibility index (Phi) is 7.65. The van der Waals surface area contributed by atoms with Crippen LogP contribution in [0.15, 0.2) is 36.4 Å². The highest BCUT2D eigenvalue weighted by molar-refractivity contribution is 6.09. The zero-order chi connectivity index (χ0) is 26.8. The lowest BCUT2D eigenvalue weighted by Crippen LogP contribution is -2.47. The molecular weight excluding hydrogens is 493 g/mol. The lowest BCUT2D eigenvalue weighted by atomic mass is 9.84. The van der Waals surface area contributed by atoms with Crippen molar-refractivity contribution in [2.24, 2.45) is 5.92 Å². The van der Waals surface area contributed by atoms with Crippen LogP contribution in [0.4, 0.5) is 13.2 Å². The number of rotatable bonds is 6. The molecule has 200 valence electrons. The molecular formula is C29H31F3N4O2. The standard InChI is InChI=1S/C29H31F3N4O2/c1-17(18-5-3-2-4-6-18)34-29(38)27-23-14-20(30)7-8-25(23)35-28(19-11-21(31)13-22(32)12-19)24(27)15-36-10-9-33-26(37)16-36/h7-8,11-14,17-18H,2-6,9-10,15-16H2,1H3,(H,33,37)(H,34,38)/t17-/m0/s1. The SMILES string of the molecule is C[C@H](NC(=O)c1c(CN2CCNC(=O)C2)c(-c2cc(F)cc(F)c2)nc2ccc(F)cc12)C1CCCCC1. The average Bonchev–Trinajstić information content (AvgIpc) is 2.88. The summed E-state index contributed by atoms with van der Waals surface area (Å²) in [7, 11) is 0. The van der Waals surface area contributed by atoms with E-state index < -0.39 is 23.4 Å². The Hall–Kier alpha value is -3.46. The topological polar surface area (TPSA) is 74.3 Å². The van der Waals surface area contributed by atoms with Crippen LogP contribution in [0.5, 0.6) is 0 Å². The molecule has 0 bridgehead atoms. The van der Waals surface area contributed by atoms with Gasteiger partial charge in [-0.25, -0.2) is 18.2 Å². The summed E-state index contributed by atoms with van der Waals surface area (Å²) < 4.78 is 43.1. The van der Waals surface area contributed by atoms with Gasteiger partial charge < -0.3 is 10.6 Å². The highest BCUT2D eigenvalue weighted by Crippen LogP contribution is 2.34. The number of benzene rings is 2. The van der Waals surface area contributed by atoms with Crippen LogP contribution in [-0.2, 0) is 11.3 Å². The van der Waals surface area contributed by atoms with E-state index in [9.17, 15) is 22.8 Å². The van der Waals surface area contributed by atoms with E-state index in [4.69, 9.17) is 0 Å². The van der Waals surface area contributed by atoms with E-state index in [-0.39, 0.29) is 41.9 Å². The van der Waals surface area contributed by atoms with Gasteiger partial charge in [-0.2, -0.15) is 0 Å². The third-order valence-electron chi connectivity index (χ3n) is 7.63. The largest absolute Gasteiger partial charge is 0.354 e. The molecule has 38 heavy (non-hydrogen) atoms. The number of carbonyl (C=O) groups excluding carboxylic acids is 2. The van der Waals surface area contributed by atoms with Gasteiger partial charge in [-0.1, -0.05) is 19.3 Å². The summed E-state index contributed by atoms with van der Waals surface area (Å²) in [5.74, 6) is -2.30. The molecule has 2 aromatic carbocycles. The fraction of sp³-hybridized carbons (Fsp3) is 0.414. The number of fused-ring (bicyclic) bond motifs is 1. The summed E-state index contributed by atoms with van der Waals surface area (Å²) in [6, 6.07) is 6.97. The van der Waals surface area contributed by atoms with E-state index >= 15 is 0 Å². The fourth-order valence-electron chi connectivity index (χ4n) is 5.70. The van der Waals surface area contributed by atoms with Crippen molar-refractivity contribution in [2.75, 3.05) is 19.6 Å². The highest BCUT2D eigenvalue weighted by atomic mass is 19.1. The van der Waals surface area contributed by atoms with E-state index in [0.717, 1.165) is 31.7 Å². The molecule has 0 unspecified atom stereocenters. The van der Waals surface area contributed by atoms with Gasteiger partial charge in [0.15, 0.2) is 0 Å². The third kappa shape index (κ3) is 5.67. The van der Waals surface area contributed by atoms with Gasteiger partial charge in [0.25, 0.3) is 5.91 Å². The Morgan fingerprint density at radius 2 is 1.82 bits per heavy atom. The van der Waals surface area contributed by atoms with Crippen molar-refractivity contribution in [3.63, 3.8) is 0 Å². The maximum absolute atomic E-state index is 14.5. The summed E-state index contributed by atoms with van der Waals surface area (Å²) in [5, 5.41) is 6.22. The normalized spacial score (nSPS) is 17.8. The first-order valence-corrected chi connectivity index (χ1v) is 13.2. The molecule has 2 heterocycles. The summed E-state index contributed by atoms with van der Waals surface area (Å²) in [6.45, 7) is 3.15. The number of hydrogen-bond acceptors (Lipinski definition) is 4. The van der Waals surface area contributed by atoms with Crippen molar-refractivity contribution < 1.29 is 22.8 Å². The van der Waals surface area contributed by atoms with E-state index in [1.54, 1.807) is 0 Å². The van der Waals surface area contributed by atoms with Crippen LogP contribution >= 0.6 is 0 Å². The lowest BCUT2D eigenvalue weighted by molar-refractivity contribution is -0.124. The number of nitrogens with one attached hydrogen (secondary N) is 2. The number of aromatic nitrogens is 1. The molecule has 3 aromatic rings. The van der Waals surface area contributed by atoms with E-state index in [0.29, 0.717) is 35.5 Å². The predicted octanol–water partition coefficient (Wildman–Crippen LogP) is 4.95. The quantitative estimate of drug-likeness (QED) is 0.479. The number of carbonyl (C=O) groups is 2. The van der Waals surface area contributed by atoms with Crippen LogP contribution in [0.25, 0.3) is 22.2 Å². The summed E-state index contributed by atoms with van der Waals surface area (Å²) in [6.07, 6.45) is 5.47. The fourth-order valence-corrected chi connectivity index (χ4v) is 5.70. The van der Waals surface area contributed by atoms with Crippen LogP contribution in [-0.4, -0.2) is 47.4 Å². The molecule has 2 N–H and O–H groups in total. The second kappa shape index (κ2) is 11.1. The summed E-state index contributed by atoms with van der Waals surface area (Å²) in [5.41, 5.74) is 1.34. The van der Waals surface area contributed by atoms with Gasteiger partial charge in [-0.05, 0) is 56.0 Å². The minimum absolute atomic E-state index is 0.0949. The number of amides is 2. The van der Waals surface area contributed by atoms with Crippen LogP contribution in [0.2, 0.25) is 0 Å². The minimum atomic E-state index is -0.777. The number of piperazine rings is 1. The molecule has 1 atom stereocenters. The predicted molar refractivity (Wildman–Crippen MR) is 139 cm³/mol. The first-order chi connectivity index (χ1) is 18.3. The Morgan fingerprint density at radius 1 is 1.08 bits per heavy atom. The molecule has 1 saturated heterocycles. The lowest BCUT2D eigenvalue weighted by Gasteiger charge is -2.30. The molecule has 2 fully saturated rings. The average molecular weight is 525 g/mol. The Bertz CT molecular complexity index is 1350. The molecule has 1 aliphatic heterocycles. The third-order valence-corrected chi connectivity index (χ3v) is 7.63. The van der Waals surface area contributed by atoms with Crippen molar-refractivity contribution in [1.82, 2.24) is 20.5 Å². The van der Waals surface area contributed by atoms with Crippen molar-refractivity contribution >= 4 is 22.7 Å². The Balaban J connectivity index is 1.67. The van der Waals surface area contributed by atoms with Crippen molar-refractivity contribution in [3.8, 4) is 11.3 Å². The van der Waals surface area contributed by atoms with Gasteiger partial charge in [0.05, 0.1) is 23.3 Å². The van der Waals surface area contributed by atoms with Gasteiger partial charge in [-0.3, -0.25) is 14.5 Å². The van der Waals surface area contributed by atoms with E-state index in [1.807, 2.05) is 11.8 Å². The smallest absolute Gasteiger partial charge is 0.252 e. The molecule has 1 aromatic heterocycles. The number of pyridine rings is 1. The Labute approximate surface area is 219 Å². The van der Waals surface area contributed by atoms with Crippen molar-refractivity contribution in [2.45, 2.75) is 51.6 Å². The van der Waals surface area contributed by atoms with Crippen LogP contribution in [0.1, 0.15) is 54.9 Å². The molecule has 6 nitrogen and oxygen atoms in total. The van der Waals surface area contributed by atoms with Gasteiger partial charge in [0.2, 0.25) is 5.91 Å². The monoisotopic (exact) mass is 524 g/mol. The van der Waals surface area contributed by atoms with E-state index in [2.05, 4.69) is 15.6 Å². The van der Waals surface area contributed by atoms with E-state index in [1.165, 1.54) is 36.8 Å². The van der Waals surface area contributed by atoms with Gasteiger partial charge >= 0.3 is 0 Å². The number of hydrogen-bond donors (Lipinski definition) is 2. The van der Waals surface area contributed by atoms with Gasteiger partial charge in [0.1, 0.15) is 17.5 Å². The maximum atomic E-state index is 14.5. The minimum Gasteiger partial charge on any atom is -0.354 e. The Morgan fingerprint density at radius 3 is 2.53 bits per heavy atom. The van der Waals surface area contributed by atoms with Gasteiger partial charge in [-0.15, -0.1) is 0 Å². The number of halogens is 3. The molecule has 1 aliphatic carbocycles. The second-order valence-electron chi connectivity index (χ2n) is 10.4. The van der Waals surface area contributed by atoms with Crippen molar-refractivity contribution in [3.05, 3.63) is 65.0 Å². The second-order valence-corrected chi connectivity index (χ2v) is 10.4. The number of nitrogens with zero attached hydrogens (tertiary/aromatic N) is 2. The molecule has 2 aliphatic rings. The first kappa shape index (κ1) is 26.2. The summed E-state index contributed by atoms with van der Waals surface area (Å²) in [4.78, 5) is 32.6. The summed E-state index contributed by atoms with van der Waals surface area (Å²) >= 11 is 0. The zero-order valence-electron chi connectivity index (χ0n) is 21.3. The molecule has 5 rings (SSSR count). The highest BCUT2D eigenvalue weighted by Gasteiger charge is 2.28. The van der Waals surface area contributed by atoms with Crippen molar-refractivity contribution in [1.29, 1.82) is 0 Å². The molecule has 9 heteroatoms. The molecule has 0 spiro atoms. The maximum Gasteiger partial charge on any atom is 0.252 e. The molecule has 1 saturated carbocycles. The van der Waals surface area contributed by atoms with Crippen LogP contribution in [0.3, 0.4) is 0 Å². The van der Waals surface area contributed by atoms with Crippen LogP contribution in [0, 0.1) is 23.4 Å². The molecule has 2 amide bonds. The first-order valence-electron chi connectivity index (χ1n) is 13.2. The van der Waals surface area contributed by atoms with Gasteiger partial charge in [0, 0.05) is 48.3 Å².